The van der Waals surface area contributed by atoms with E-state index in [-0.39, 0.29) is 30.1 Å². The van der Waals surface area contributed by atoms with Crippen LogP contribution in [0.15, 0.2) is 17.0 Å². The van der Waals surface area contributed by atoms with Gasteiger partial charge in [0, 0.05) is 23.2 Å². The maximum atomic E-state index is 11.6. The molecule has 0 bridgehead atoms. The normalized spacial score (nSPS) is 11.0. The van der Waals surface area contributed by atoms with Gasteiger partial charge < -0.3 is 14.2 Å². The summed E-state index contributed by atoms with van der Waals surface area (Å²) in [7, 11) is 4.28. The lowest BCUT2D eigenvalue weighted by Gasteiger charge is -2.13. The van der Waals surface area contributed by atoms with Gasteiger partial charge in [-0.1, -0.05) is 0 Å². The van der Waals surface area contributed by atoms with Crippen molar-refractivity contribution in [2.24, 2.45) is 0 Å². The molecule has 0 fully saturated rings. The van der Waals surface area contributed by atoms with E-state index in [1.807, 2.05) is 0 Å². The summed E-state index contributed by atoms with van der Waals surface area (Å²) in [5.41, 5.74) is 0.371. The molecule has 0 spiro atoms. The first kappa shape index (κ1) is 17.6. The number of esters is 1. The number of hydrogen-bond acceptors (Lipinski definition) is 6. The van der Waals surface area contributed by atoms with Crippen LogP contribution in [0.5, 0.6) is 11.5 Å². The van der Waals surface area contributed by atoms with Gasteiger partial charge in [0.2, 0.25) is 0 Å². The molecule has 0 aromatic heterocycles. The Morgan fingerprint density at radius 1 is 1.19 bits per heavy atom. The number of benzene rings is 1. The Kier molecular flexibility index (Phi) is 6.29. The van der Waals surface area contributed by atoms with Crippen LogP contribution < -0.4 is 9.47 Å². The van der Waals surface area contributed by atoms with Crippen molar-refractivity contribution in [3.05, 3.63) is 17.7 Å². The second kappa shape index (κ2) is 7.51. The van der Waals surface area contributed by atoms with Gasteiger partial charge in [-0.3, -0.25) is 4.79 Å². The van der Waals surface area contributed by atoms with Crippen molar-refractivity contribution in [2.45, 2.75) is 24.7 Å². The quantitative estimate of drug-likeness (QED) is 0.560. The number of hydrogen-bond donors (Lipinski definition) is 0. The van der Waals surface area contributed by atoms with E-state index in [4.69, 9.17) is 24.9 Å². The molecule has 1 aromatic carbocycles. The third-order valence-corrected chi connectivity index (χ3v) is 4.14. The van der Waals surface area contributed by atoms with E-state index < -0.39 is 15.0 Å². The van der Waals surface area contributed by atoms with Crippen molar-refractivity contribution in [3.63, 3.8) is 0 Å². The predicted molar refractivity (Wildman–Crippen MR) is 77.5 cm³/mol. The Hall–Kier alpha value is -1.47. The standard InChI is InChI=1S/C13H17ClO6S/c1-4-20-13(15)6-5-9-7-10(18-2)11(19-3)8-12(9)21(14,16)17/h7-8H,4-6H2,1-3H3. The largest absolute Gasteiger partial charge is 0.493 e. The van der Waals surface area contributed by atoms with E-state index >= 15 is 0 Å². The smallest absolute Gasteiger partial charge is 0.306 e. The van der Waals surface area contributed by atoms with E-state index in [1.165, 1.54) is 26.4 Å². The van der Waals surface area contributed by atoms with Crippen LogP contribution in [0.1, 0.15) is 18.9 Å². The summed E-state index contributed by atoms with van der Waals surface area (Å²) < 4.78 is 38.3. The molecule has 0 amide bonds. The summed E-state index contributed by atoms with van der Waals surface area (Å²) >= 11 is 0. The van der Waals surface area contributed by atoms with E-state index in [0.29, 0.717) is 11.3 Å². The Labute approximate surface area is 128 Å². The van der Waals surface area contributed by atoms with E-state index in [0.717, 1.165) is 0 Å². The molecule has 0 aliphatic rings. The fourth-order valence-electron chi connectivity index (χ4n) is 1.79. The maximum absolute atomic E-state index is 11.6. The van der Waals surface area contributed by atoms with E-state index in [2.05, 4.69) is 0 Å². The topological polar surface area (TPSA) is 78.9 Å². The average Bonchev–Trinajstić information content (AvgIpc) is 2.43. The molecule has 0 heterocycles. The molecule has 1 rings (SSSR count). The van der Waals surface area contributed by atoms with Gasteiger partial charge in [0.1, 0.15) is 0 Å². The fraction of sp³-hybridized carbons (Fsp3) is 0.462. The van der Waals surface area contributed by atoms with Crippen molar-refractivity contribution in [1.29, 1.82) is 0 Å². The summed E-state index contributed by atoms with van der Waals surface area (Å²) in [5, 5.41) is 0. The van der Waals surface area contributed by atoms with Crippen LogP contribution in [0.4, 0.5) is 0 Å². The minimum atomic E-state index is -3.97. The van der Waals surface area contributed by atoms with Crippen molar-refractivity contribution in [1.82, 2.24) is 0 Å². The van der Waals surface area contributed by atoms with Crippen molar-refractivity contribution in [2.75, 3.05) is 20.8 Å². The summed E-state index contributed by atoms with van der Waals surface area (Å²) in [6.45, 7) is 1.97. The number of methoxy groups -OCH3 is 2. The molecule has 0 saturated heterocycles. The first-order valence-corrected chi connectivity index (χ1v) is 8.49. The first-order chi connectivity index (χ1) is 9.83. The molecular formula is C13H17ClO6S. The minimum Gasteiger partial charge on any atom is -0.493 e. The average molecular weight is 337 g/mol. The summed E-state index contributed by atoms with van der Waals surface area (Å²) in [5.74, 6) is 0.197. The van der Waals surface area contributed by atoms with E-state index in [1.54, 1.807) is 6.92 Å². The number of ether oxygens (including phenoxy) is 3. The van der Waals surface area contributed by atoms with Gasteiger partial charge in [-0.05, 0) is 25.0 Å². The number of rotatable bonds is 7. The predicted octanol–water partition coefficient (Wildman–Crippen LogP) is 2.13. The molecule has 118 valence electrons. The molecule has 1 aromatic rings. The third-order valence-electron chi connectivity index (χ3n) is 2.73. The van der Waals surface area contributed by atoms with Crippen molar-refractivity contribution < 1.29 is 27.4 Å². The summed E-state index contributed by atoms with van der Waals surface area (Å²) in [4.78, 5) is 11.3. The van der Waals surface area contributed by atoms with Gasteiger partial charge >= 0.3 is 5.97 Å². The Balaban J connectivity index is 3.18. The minimum absolute atomic E-state index is 0.0444. The van der Waals surface area contributed by atoms with Crippen LogP contribution in [-0.2, 0) is 25.0 Å². The molecule has 0 N–H and O–H groups in total. The number of aryl methyl sites for hydroxylation is 1. The zero-order chi connectivity index (χ0) is 16.0. The third kappa shape index (κ3) is 4.78. The monoisotopic (exact) mass is 336 g/mol. The molecule has 0 unspecified atom stereocenters. The number of carbonyl (C=O) groups excluding carboxylic acids is 1. The highest BCUT2D eigenvalue weighted by atomic mass is 35.7. The highest BCUT2D eigenvalue weighted by Crippen LogP contribution is 2.34. The molecule has 0 saturated carbocycles. The zero-order valence-corrected chi connectivity index (χ0v) is 13.6. The Morgan fingerprint density at radius 3 is 2.24 bits per heavy atom. The zero-order valence-electron chi connectivity index (χ0n) is 12.0. The van der Waals surface area contributed by atoms with Gasteiger partial charge in [-0.25, -0.2) is 8.42 Å². The molecule has 21 heavy (non-hydrogen) atoms. The lowest BCUT2D eigenvalue weighted by molar-refractivity contribution is -0.143. The van der Waals surface area contributed by atoms with Crippen molar-refractivity contribution in [3.8, 4) is 11.5 Å². The molecule has 6 nitrogen and oxygen atoms in total. The van der Waals surface area contributed by atoms with Crippen LogP contribution in [0.25, 0.3) is 0 Å². The number of halogens is 1. The van der Waals surface area contributed by atoms with Crippen molar-refractivity contribution >= 4 is 25.7 Å². The maximum Gasteiger partial charge on any atom is 0.306 e. The van der Waals surface area contributed by atoms with Crippen LogP contribution in [-0.4, -0.2) is 35.2 Å². The van der Waals surface area contributed by atoms with Gasteiger partial charge in [0.15, 0.2) is 11.5 Å². The SMILES string of the molecule is CCOC(=O)CCc1cc(OC)c(OC)cc1S(=O)(=O)Cl. The van der Waals surface area contributed by atoms with E-state index in [9.17, 15) is 13.2 Å². The Bertz CT molecular complexity index is 611. The van der Waals surface area contributed by atoms with Gasteiger partial charge in [-0.15, -0.1) is 0 Å². The van der Waals surface area contributed by atoms with Crippen LogP contribution in [0.3, 0.4) is 0 Å². The lowest BCUT2D eigenvalue weighted by Crippen LogP contribution is -2.07. The lowest BCUT2D eigenvalue weighted by atomic mass is 10.1. The summed E-state index contributed by atoms with van der Waals surface area (Å²) in [6.07, 6.45) is 0.212. The Morgan fingerprint density at radius 2 is 1.76 bits per heavy atom. The molecular weight excluding hydrogens is 320 g/mol. The van der Waals surface area contributed by atoms with Crippen LogP contribution >= 0.6 is 10.7 Å². The number of carbonyl (C=O) groups is 1. The second-order valence-corrected chi connectivity index (χ2v) is 6.59. The highest BCUT2D eigenvalue weighted by Gasteiger charge is 2.20. The molecule has 0 aliphatic carbocycles. The first-order valence-electron chi connectivity index (χ1n) is 6.18. The molecule has 0 aliphatic heterocycles. The second-order valence-electron chi connectivity index (χ2n) is 4.06. The van der Waals surface area contributed by atoms with Gasteiger partial charge in [0.05, 0.1) is 25.7 Å². The van der Waals surface area contributed by atoms with Crippen LogP contribution in [0.2, 0.25) is 0 Å². The molecule has 8 heteroatoms. The highest BCUT2D eigenvalue weighted by molar-refractivity contribution is 8.13. The van der Waals surface area contributed by atoms with Gasteiger partial charge in [0.25, 0.3) is 9.05 Å². The molecule has 0 atom stereocenters. The van der Waals surface area contributed by atoms with Gasteiger partial charge in [-0.2, -0.15) is 0 Å². The summed E-state index contributed by atoms with van der Waals surface area (Å²) in [6, 6.07) is 2.77. The fourth-order valence-corrected chi connectivity index (χ4v) is 2.95. The van der Waals surface area contributed by atoms with Crippen LogP contribution in [0, 0.1) is 0 Å². The molecule has 0 radical (unpaired) electrons.